The van der Waals surface area contributed by atoms with Gasteiger partial charge in [-0.25, -0.2) is 18.7 Å². The lowest BCUT2D eigenvalue weighted by Gasteiger charge is -2.08. The number of nitrogens with one attached hydrogen (secondary N) is 1. The minimum absolute atomic E-state index is 0.109. The zero-order valence-electron chi connectivity index (χ0n) is 10.9. The molecule has 100 valence electrons. The lowest BCUT2D eigenvalue weighted by Crippen LogP contribution is -2.03. The van der Waals surface area contributed by atoms with Crippen LogP contribution < -0.4 is 5.32 Å². The Balaban J connectivity index is 2.44. The monoisotopic (exact) mass is 263 g/mol. The molecule has 0 saturated carbocycles. The predicted octanol–water partition coefficient (Wildman–Crippen LogP) is 3.55. The van der Waals surface area contributed by atoms with Crippen molar-refractivity contribution in [3.63, 3.8) is 0 Å². The number of benzene rings is 1. The maximum atomic E-state index is 14.0. The second kappa shape index (κ2) is 5.73. The summed E-state index contributed by atoms with van der Waals surface area (Å²) >= 11 is 0. The van der Waals surface area contributed by atoms with Crippen LogP contribution in [-0.2, 0) is 0 Å². The maximum Gasteiger partial charge on any atom is 0.138 e. The molecule has 5 heteroatoms. The first-order valence-corrected chi connectivity index (χ1v) is 6.14. The summed E-state index contributed by atoms with van der Waals surface area (Å²) in [7, 11) is 0. The fraction of sp³-hybridized carbons (Fsp3) is 0.286. The fourth-order valence-electron chi connectivity index (χ4n) is 1.74. The van der Waals surface area contributed by atoms with E-state index in [4.69, 9.17) is 0 Å². The van der Waals surface area contributed by atoms with Crippen molar-refractivity contribution in [2.75, 3.05) is 11.9 Å². The highest BCUT2D eigenvalue weighted by atomic mass is 19.1. The van der Waals surface area contributed by atoms with Gasteiger partial charge in [-0.2, -0.15) is 0 Å². The van der Waals surface area contributed by atoms with E-state index in [1.807, 2.05) is 6.92 Å². The Bertz CT molecular complexity index is 585. The summed E-state index contributed by atoms with van der Waals surface area (Å²) in [5.74, 6) is -0.643. The predicted molar refractivity (Wildman–Crippen MR) is 70.9 cm³/mol. The van der Waals surface area contributed by atoms with Gasteiger partial charge in [-0.1, -0.05) is 13.0 Å². The summed E-state index contributed by atoms with van der Waals surface area (Å²) in [4.78, 5) is 7.97. The molecule has 1 aromatic heterocycles. The second-order valence-electron chi connectivity index (χ2n) is 4.27. The number of anilines is 1. The van der Waals surface area contributed by atoms with Crippen molar-refractivity contribution in [1.29, 1.82) is 0 Å². The van der Waals surface area contributed by atoms with Crippen molar-refractivity contribution >= 4 is 5.82 Å². The first kappa shape index (κ1) is 13.4. The Hall–Kier alpha value is -2.04. The number of hydrogen-bond donors (Lipinski definition) is 1. The molecule has 0 radical (unpaired) electrons. The molecule has 1 N–H and O–H groups in total. The third-order valence-electron chi connectivity index (χ3n) is 2.76. The van der Waals surface area contributed by atoms with Crippen LogP contribution in [-0.4, -0.2) is 16.5 Å². The molecule has 0 saturated heterocycles. The lowest BCUT2D eigenvalue weighted by molar-refractivity contribution is 0.582. The van der Waals surface area contributed by atoms with E-state index >= 15 is 0 Å². The largest absolute Gasteiger partial charge is 0.370 e. The van der Waals surface area contributed by atoms with Crippen molar-refractivity contribution in [2.45, 2.75) is 20.3 Å². The standard InChI is InChI=1S/C14H15F2N3/c1-3-6-17-12-7-11(18-8-19-12)13-10(15)5-4-9(2)14(13)16/h4-5,7-8H,3,6H2,1-2H3,(H,17,18,19). The molecule has 0 aliphatic heterocycles. The van der Waals surface area contributed by atoms with E-state index in [9.17, 15) is 8.78 Å². The van der Waals surface area contributed by atoms with Crippen molar-refractivity contribution in [2.24, 2.45) is 0 Å². The van der Waals surface area contributed by atoms with Gasteiger partial charge in [0.25, 0.3) is 0 Å². The minimum atomic E-state index is -0.622. The van der Waals surface area contributed by atoms with Crippen molar-refractivity contribution in [1.82, 2.24) is 9.97 Å². The van der Waals surface area contributed by atoms with E-state index in [0.29, 0.717) is 11.4 Å². The van der Waals surface area contributed by atoms with Crippen molar-refractivity contribution in [3.05, 3.63) is 41.7 Å². The van der Waals surface area contributed by atoms with Gasteiger partial charge in [-0.15, -0.1) is 0 Å². The Labute approximate surface area is 110 Å². The first-order chi connectivity index (χ1) is 9.13. The van der Waals surface area contributed by atoms with E-state index in [0.717, 1.165) is 13.0 Å². The molecular weight excluding hydrogens is 248 g/mol. The zero-order valence-corrected chi connectivity index (χ0v) is 10.9. The molecule has 19 heavy (non-hydrogen) atoms. The van der Waals surface area contributed by atoms with Gasteiger partial charge in [0.05, 0.1) is 11.3 Å². The summed E-state index contributed by atoms with van der Waals surface area (Å²) < 4.78 is 27.8. The normalized spacial score (nSPS) is 10.5. The number of aromatic nitrogens is 2. The highest BCUT2D eigenvalue weighted by molar-refractivity contribution is 5.64. The van der Waals surface area contributed by atoms with Crippen LogP contribution >= 0.6 is 0 Å². The van der Waals surface area contributed by atoms with E-state index < -0.39 is 11.6 Å². The summed E-state index contributed by atoms with van der Waals surface area (Å²) in [6.07, 6.45) is 2.24. The van der Waals surface area contributed by atoms with Crippen molar-refractivity contribution < 1.29 is 8.78 Å². The van der Waals surface area contributed by atoms with Crippen LogP contribution in [0.15, 0.2) is 24.5 Å². The maximum absolute atomic E-state index is 14.0. The van der Waals surface area contributed by atoms with Gasteiger partial charge in [0, 0.05) is 12.6 Å². The number of hydrogen-bond acceptors (Lipinski definition) is 3. The van der Waals surface area contributed by atoms with Gasteiger partial charge in [-0.3, -0.25) is 0 Å². The van der Waals surface area contributed by atoms with E-state index in [2.05, 4.69) is 15.3 Å². The summed E-state index contributed by atoms with van der Waals surface area (Å²) in [6, 6.07) is 4.21. The Morgan fingerprint density at radius 2 is 2.00 bits per heavy atom. The molecule has 2 rings (SSSR count). The lowest BCUT2D eigenvalue weighted by atomic mass is 10.1. The van der Waals surface area contributed by atoms with E-state index in [1.54, 1.807) is 13.0 Å². The fourth-order valence-corrected chi connectivity index (χ4v) is 1.74. The van der Waals surface area contributed by atoms with Crippen LogP contribution in [0.1, 0.15) is 18.9 Å². The average Bonchev–Trinajstić information content (AvgIpc) is 2.42. The van der Waals surface area contributed by atoms with Crippen LogP contribution in [0, 0.1) is 18.6 Å². The molecule has 0 aliphatic rings. The Morgan fingerprint density at radius 1 is 1.21 bits per heavy atom. The van der Waals surface area contributed by atoms with Crippen LogP contribution in [0.2, 0.25) is 0 Å². The first-order valence-electron chi connectivity index (χ1n) is 6.14. The Kier molecular flexibility index (Phi) is 4.04. The number of rotatable bonds is 4. The number of nitrogens with zero attached hydrogens (tertiary/aromatic N) is 2. The van der Waals surface area contributed by atoms with E-state index in [-0.39, 0.29) is 11.3 Å². The zero-order chi connectivity index (χ0) is 13.8. The Morgan fingerprint density at radius 3 is 2.74 bits per heavy atom. The van der Waals surface area contributed by atoms with Gasteiger partial charge in [-0.05, 0) is 25.0 Å². The molecular formula is C14H15F2N3. The molecule has 0 fully saturated rings. The molecule has 2 aromatic rings. The van der Waals surface area contributed by atoms with Crippen molar-refractivity contribution in [3.8, 4) is 11.3 Å². The molecule has 1 aromatic carbocycles. The summed E-state index contributed by atoms with van der Waals surface area (Å²) in [5, 5.41) is 3.06. The van der Waals surface area contributed by atoms with Crippen LogP contribution in [0.5, 0.6) is 0 Å². The topological polar surface area (TPSA) is 37.8 Å². The molecule has 0 aliphatic carbocycles. The highest BCUT2D eigenvalue weighted by Crippen LogP contribution is 2.27. The summed E-state index contributed by atoms with van der Waals surface area (Å²) in [6.45, 7) is 4.36. The molecule has 0 spiro atoms. The van der Waals surface area contributed by atoms with Gasteiger partial charge in [0.15, 0.2) is 0 Å². The molecule has 1 heterocycles. The number of halogens is 2. The minimum Gasteiger partial charge on any atom is -0.370 e. The van der Waals surface area contributed by atoms with E-state index in [1.165, 1.54) is 18.5 Å². The van der Waals surface area contributed by atoms with Crippen LogP contribution in [0.25, 0.3) is 11.3 Å². The quantitative estimate of drug-likeness (QED) is 0.916. The van der Waals surface area contributed by atoms with Gasteiger partial charge < -0.3 is 5.32 Å². The SMILES string of the molecule is CCCNc1cc(-c2c(F)ccc(C)c2F)ncn1. The molecule has 0 unspecified atom stereocenters. The molecule has 0 amide bonds. The number of aryl methyl sites for hydroxylation is 1. The second-order valence-corrected chi connectivity index (χ2v) is 4.27. The van der Waals surface area contributed by atoms with Gasteiger partial charge in [0.1, 0.15) is 23.8 Å². The van der Waals surface area contributed by atoms with Gasteiger partial charge >= 0.3 is 0 Å². The molecule has 0 atom stereocenters. The summed E-state index contributed by atoms with van der Waals surface area (Å²) in [5.41, 5.74) is 0.521. The smallest absolute Gasteiger partial charge is 0.138 e. The molecule has 0 bridgehead atoms. The van der Waals surface area contributed by atoms with Crippen LogP contribution in [0.4, 0.5) is 14.6 Å². The highest BCUT2D eigenvalue weighted by Gasteiger charge is 2.15. The average molecular weight is 263 g/mol. The molecule has 3 nitrogen and oxygen atoms in total. The third-order valence-corrected chi connectivity index (χ3v) is 2.76. The third kappa shape index (κ3) is 2.86. The van der Waals surface area contributed by atoms with Crippen LogP contribution in [0.3, 0.4) is 0 Å². The van der Waals surface area contributed by atoms with Gasteiger partial charge in [0.2, 0.25) is 0 Å².